The Kier molecular flexibility index (Phi) is 3.26. The first-order valence-corrected chi connectivity index (χ1v) is 7.05. The smallest absolute Gasteiger partial charge is 0.160 e. The predicted octanol–water partition coefficient (Wildman–Crippen LogP) is 2.94. The molecule has 3 nitrogen and oxygen atoms in total. The van der Waals surface area contributed by atoms with Crippen molar-refractivity contribution in [1.82, 2.24) is 4.90 Å². The first kappa shape index (κ1) is 13.3. The van der Waals surface area contributed by atoms with Gasteiger partial charge in [0.15, 0.2) is 11.5 Å². The van der Waals surface area contributed by atoms with Crippen LogP contribution >= 0.6 is 17.0 Å². The van der Waals surface area contributed by atoms with Gasteiger partial charge in [-0.25, -0.2) is 0 Å². The van der Waals surface area contributed by atoms with Gasteiger partial charge >= 0.3 is 0 Å². The van der Waals surface area contributed by atoms with Gasteiger partial charge in [0.1, 0.15) is 0 Å². The minimum atomic E-state index is 0. The number of fused-ring (bicyclic) bond motifs is 3. The van der Waals surface area contributed by atoms with E-state index in [0.29, 0.717) is 12.0 Å². The van der Waals surface area contributed by atoms with E-state index in [2.05, 4.69) is 4.90 Å². The monoisotopic (exact) mass is 325 g/mol. The molecule has 1 aromatic rings. The zero-order valence-electron chi connectivity index (χ0n) is 10.9. The van der Waals surface area contributed by atoms with Crippen LogP contribution in [-0.4, -0.2) is 33.7 Å². The van der Waals surface area contributed by atoms with Crippen LogP contribution in [0.15, 0.2) is 12.1 Å². The van der Waals surface area contributed by atoms with E-state index in [-0.39, 0.29) is 28.5 Å². The molecule has 0 bridgehead atoms. The zero-order valence-corrected chi connectivity index (χ0v) is 12.6. The second kappa shape index (κ2) is 4.67. The van der Waals surface area contributed by atoms with E-state index in [9.17, 15) is 10.2 Å². The largest absolute Gasteiger partial charge is 0.504 e. The van der Waals surface area contributed by atoms with Gasteiger partial charge in [-0.3, -0.25) is 4.90 Å². The van der Waals surface area contributed by atoms with Gasteiger partial charge in [0.05, 0.1) is 0 Å². The summed E-state index contributed by atoms with van der Waals surface area (Å²) >= 11 is 0. The van der Waals surface area contributed by atoms with Gasteiger partial charge in [0, 0.05) is 23.6 Å². The van der Waals surface area contributed by atoms with E-state index < -0.39 is 0 Å². The average molecular weight is 326 g/mol. The van der Waals surface area contributed by atoms with Crippen molar-refractivity contribution < 1.29 is 10.2 Å². The maximum atomic E-state index is 9.99. The first-order valence-electron chi connectivity index (χ1n) is 7.05. The maximum absolute atomic E-state index is 9.99. The molecule has 2 aliphatic carbocycles. The quantitative estimate of drug-likeness (QED) is 0.780. The van der Waals surface area contributed by atoms with Crippen molar-refractivity contribution in [3.05, 3.63) is 23.3 Å². The number of benzene rings is 1. The van der Waals surface area contributed by atoms with Gasteiger partial charge in [-0.1, -0.05) is 6.07 Å². The molecule has 0 radical (unpaired) electrons. The van der Waals surface area contributed by atoms with Gasteiger partial charge in [-0.05, 0) is 50.3 Å². The van der Waals surface area contributed by atoms with Crippen LogP contribution in [0.3, 0.4) is 0 Å². The van der Waals surface area contributed by atoms with Crippen molar-refractivity contribution >= 4 is 17.0 Å². The number of nitrogens with zero attached hydrogens (tertiary/aromatic N) is 1. The number of hydrogen-bond donors (Lipinski definition) is 2. The second-order valence-corrected chi connectivity index (χ2v) is 5.97. The average Bonchev–Trinajstić information content (AvgIpc) is 3.13. The van der Waals surface area contributed by atoms with Gasteiger partial charge in [-0.15, -0.1) is 17.0 Å². The number of aromatic hydroxyl groups is 2. The third-order valence-electron chi connectivity index (χ3n) is 4.99. The highest BCUT2D eigenvalue weighted by Crippen LogP contribution is 2.48. The molecule has 3 aliphatic rings. The summed E-state index contributed by atoms with van der Waals surface area (Å²) < 4.78 is 0. The first-order chi connectivity index (χ1) is 8.75. The zero-order chi connectivity index (χ0) is 12.3. The van der Waals surface area contributed by atoms with Crippen LogP contribution in [0.1, 0.15) is 42.7 Å². The molecule has 0 aromatic heterocycles. The Labute approximate surface area is 124 Å². The number of hydrogen-bond acceptors (Lipinski definition) is 3. The van der Waals surface area contributed by atoms with Gasteiger partial charge in [0.2, 0.25) is 0 Å². The van der Waals surface area contributed by atoms with Crippen LogP contribution in [0, 0.1) is 0 Å². The molecule has 4 rings (SSSR count). The number of rotatable bonds is 1. The molecule has 1 saturated carbocycles. The molecule has 2 N–H and O–H groups in total. The maximum Gasteiger partial charge on any atom is 0.160 e. The van der Waals surface area contributed by atoms with Crippen LogP contribution < -0.4 is 0 Å². The van der Waals surface area contributed by atoms with Crippen molar-refractivity contribution in [1.29, 1.82) is 0 Å². The Morgan fingerprint density at radius 1 is 1.05 bits per heavy atom. The molecule has 2 atom stereocenters. The van der Waals surface area contributed by atoms with Crippen molar-refractivity contribution in [2.75, 3.05) is 6.54 Å². The Balaban J connectivity index is 0.00000110. The van der Waals surface area contributed by atoms with E-state index >= 15 is 0 Å². The fourth-order valence-electron chi connectivity index (χ4n) is 4.01. The number of likely N-dealkylation sites (tertiary alicyclic amines) is 1. The second-order valence-electron chi connectivity index (χ2n) is 5.97. The third kappa shape index (κ3) is 1.96. The predicted molar refractivity (Wildman–Crippen MR) is 79.3 cm³/mol. The Hall–Kier alpha value is -0.740. The van der Waals surface area contributed by atoms with Crippen molar-refractivity contribution in [3.8, 4) is 11.5 Å². The van der Waals surface area contributed by atoms with E-state index in [1.54, 1.807) is 6.07 Å². The van der Waals surface area contributed by atoms with Gasteiger partial charge in [-0.2, -0.15) is 0 Å². The molecule has 1 aliphatic heterocycles. The molecule has 1 aromatic carbocycles. The lowest BCUT2D eigenvalue weighted by atomic mass is 9.79. The lowest BCUT2D eigenvalue weighted by Crippen LogP contribution is -2.36. The molecule has 0 amide bonds. The molecule has 19 heavy (non-hydrogen) atoms. The van der Waals surface area contributed by atoms with Crippen molar-refractivity contribution in [2.24, 2.45) is 0 Å². The summed E-state index contributed by atoms with van der Waals surface area (Å²) in [6.45, 7) is 1.21. The molecule has 4 heteroatoms. The van der Waals surface area contributed by atoms with E-state index in [0.717, 1.165) is 24.4 Å². The minimum absolute atomic E-state index is 0. The number of phenolic OH excluding ortho intramolecular Hbond substituents is 2. The van der Waals surface area contributed by atoms with E-state index in [1.165, 1.54) is 31.4 Å². The molecular formula is C15H20BrNO2. The Bertz CT molecular complexity index is 501. The molecular weight excluding hydrogens is 306 g/mol. The highest BCUT2D eigenvalue weighted by atomic mass is 79.9. The standard InChI is InChI=1S/C15H19NO2.BrH/c17-14-6-4-10-11-7-8-16(9-1-2-9)13(11)5-3-12(10)15(14)18;/h4,6,9,11,13,17-18H,1-3,5,7-8H2;1H/t11-,13-;/m1./s1. The topological polar surface area (TPSA) is 43.7 Å². The summed E-state index contributed by atoms with van der Waals surface area (Å²) in [7, 11) is 0. The lowest BCUT2D eigenvalue weighted by Gasteiger charge is -2.33. The molecule has 2 fully saturated rings. The summed E-state index contributed by atoms with van der Waals surface area (Å²) in [6.07, 6.45) is 5.98. The van der Waals surface area contributed by atoms with Crippen LogP contribution in [-0.2, 0) is 6.42 Å². The van der Waals surface area contributed by atoms with Gasteiger partial charge in [0.25, 0.3) is 0 Å². The van der Waals surface area contributed by atoms with Crippen molar-refractivity contribution in [2.45, 2.75) is 50.1 Å². The SMILES string of the molecule is Br.Oc1ccc2c(c1O)CC[C@@H]1[C@@H]2CCN1C1CC1. The highest BCUT2D eigenvalue weighted by Gasteiger charge is 2.44. The van der Waals surface area contributed by atoms with E-state index in [1.807, 2.05) is 6.07 Å². The van der Waals surface area contributed by atoms with Crippen LogP contribution in [0.25, 0.3) is 0 Å². The number of phenols is 2. The van der Waals surface area contributed by atoms with Crippen molar-refractivity contribution in [3.63, 3.8) is 0 Å². The fraction of sp³-hybridized carbons (Fsp3) is 0.600. The summed E-state index contributed by atoms with van der Waals surface area (Å²) in [4.78, 5) is 2.69. The van der Waals surface area contributed by atoms with E-state index in [4.69, 9.17) is 0 Å². The molecule has 104 valence electrons. The Morgan fingerprint density at radius 3 is 2.58 bits per heavy atom. The molecule has 1 heterocycles. The Morgan fingerprint density at radius 2 is 1.84 bits per heavy atom. The summed E-state index contributed by atoms with van der Waals surface area (Å²) in [5, 5.41) is 19.6. The summed E-state index contributed by atoms with van der Waals surface area (Å²) in [5.74, 6) is 0.723. The van der Waals surface area contributed by atoms with Crippen LogP contribution in [0.2, 0.25) is 0 Å². The third-order valence-corrected chi connectivity index (χ3v) is 4.99. The van der Waals surface area contributed by atoms with Crippen LogP contribution in [0.5, 0.6) is 11.5 Å². The minimum Gasteiger partial charge on any atom is -0.504 e. The number of halogens is 1. The summed E-state index contributed by atoms with van der Waals surface area (Å²) in [5.41, 5.74) is 2.28. The molecule has 1 saturated heterocycles. The molecule has 0 spiro atoms. The normalized spacial score (nSPS) is 29.5. The fourth-order valence-corrected chi connectivity index (χ4v) is 4.01. The molecule has 0 unspecified atom stereocenters. The van der Waals surface area contributed by atoms with Crippen LogP contribution in [0.4, 0.5) is 0 Å². The van der Waals surface area contributed by atoms with Gasteiger partial charge < -0.3 is 10.2 Å². The lowest BCUT2D eigenvalue weighted by molar-refractivity contribution is 0.216. The highest BCUT2D eigenvalue weighted by molar-refractivity contribution is 8.93. The summed E-state index contributed by atoms with van der Waals surface area (Å²) in [6, 6.07) is 5.19.